The Morgan fingerprint density at radius 3 is 2.51 bits per heavy atom. The third-order valence-corrected chi connectivity index (χ3v) is 6.68. The first-order valence-electron chi connectivity index (χ1n) is 11.4. The first-order valence-corrected chi connectivity index (χ1v) is 12.2. The molecule has 0 saturated carbocycles. The number of nitrogens with one attached hydrogen (secondary N) is 1. The summed E-state index contributed by atoms with van der Waals surface area (Å²) in [6.45, 7) is 3.03. The molecule has 0 bridgehead atoms. The van der Waals surface area contributed by atoms with Crippen LogP contribution >= 0.6 is 15.9 Å². The van der Waals surface area contributed by atoms with Gasteiger partial charge < -0.3 is 19.7 Å². The lowest BCUT2D eigenvalue weighted by Gasteiger charge is -2.28. The highest BCUT2D eigenvalue weighted by Gasteiger charge is 2.25. The summed E-state index contributed by atoms with van der Waals surface area (Å²) in [5.74, 6) is -2.00. The Hall–Kier alpha value is -3.57. The van der Waals surface area contributed by atoms with E-state index in [4.69, 9.17) is 9.47 Å². The van der Waals surface area contributed by atoms with Gasteiger partial charge in [-0.25, -0.2) is 8.78 Å². The van der Waals surface area contributed by atoms with E-state index in [1.807, 2.05) is 0 Å². The fraction of sp³-hybridized carbons (Fsp3) is 0.269. The van der Waals surface area contributed by atoms with Gasteiger partial charge in [-0.2, -0.15) is 0 Å². The molecule has 11 heteroatoms. The summed E-state index contributed by atoms with van der Waals surface area (Å²) in [4.78, 5) is 40.9. The van der Waals surface area contributed by atoms with E-state index in [1.54, 1.807) is 17.9 Å². The summed E-state index contributed by atoms with van der Waals surface area (Å²) in [5.41, 5.74) is 0.732. The van der Waals surface area contributed by atoms with E-state index in [1.165, 1.54) is 35.9 Å². The zero-order chi connectivity index (χ0) is 26.7. The van der Waals surface area contributed by atoms with Crippen LogP contribution in [0.15, 0.2) is 51.7 Å². The van der Waals surface area contributed by atoms with Crippen molar-refractivity contribution in [3.63, 3.8) is 0 Å². The van der Waals surface area contributed by atoms with Crippen molar-refractivity contribution in [2.45, 2.75) is 13.5 Å². The van der Waals surface area contributed by atoms with E-state index in [-0.39, 0.29) is 51.0 Å². The van der Waals surface area contributed by atoms with Crippen LogP contribution in [-0.4, -0.2) is 54.6 Å². The van der Waals surface area contributed by atoms with Crippen LogP contribution in [0.4, 0.5) is 8.78 Å². The fourth-order valence-corrected chi connectivity index (χ4v) is 4.41. The van der Waals surface area contributed by atoms with E-state index < -0.39 is 17.2 Å². The van der Waals surface area contributed by atoms with Crippen molar-refractivity contribution < 1.29 is 27.8 Å². The van der Waals surface area contributed by atoms with Gasteiger partial charge in [-0.1, -0.05) is 0 Å². The summed E-state index contributed by atoms with van der Waals surface area (Å²) < 4.78 is 39.6. The number of rotatable bonds is 6. The number of morpholine rings is 1. The number of carbonyl (C=O) groups is 2. The standard InChI is InChI=1S/C26H24BrF2N3O5/c1-15-11-22(37-14-17-3-5-18(28)13-20(17)29)23(27)26(35)32(15)21-12-16(24(33)30-2)4-6-19(21)25(34)31-7-9-36-10-8-31/h3-6,11-13H,7-10,14H2,1-2H3,(H,30,33). The van der Waals surface area contributed by atoms with Crippen molar-refractivity contribution in [2.75, 3.05) is 33.4 Å². The quantitative estimate of drug-likeness (QED) is 0.485. The summed E-state index contributed by atoms with van der Waals surface area (Å²) in [5, 5.41) is 2.54. The summed E-state index contributed by atoms with van der Waals surface area (Å²) in [6, 6.07) is 9.24. The number of halogens is 3. The minimum Gasteiger partial charge on any atom is -0.487 e. The first kappa shape index (κ1) is 26.5. The molecule has 3 aromatic rings. The molecule has 37 heavy (non-hydrogen) atoms. The molecule has 0 aliphatic carbocycles. The number of hydrogen-bond acceptors (Lipinski definition) is 5. The summed E-state index contributed by atoms with van der Waals surface area (Å²) in [6.07, 6.45) is 0. The van der Waals surface area contributed by atoms with Gasteiger partial charge in [0.2, 0.25) is 0 Å². The molecule has 1 fully saturated rings. The fourth-order valence-electron chi connectivity index (χ4n) is 4.00. The summed E-state index contributed by atoms with van der Waals surface area (Å²) >= 11 is 3.26. The highest BCUT2D eigenvalue weighted by Crippen LogP contribution is 2.27. The molecule has 2 aromatic carbocycles. The monoisotopic (exact) mass is 575 g/mol. The van der Waals surface area contributed by atoms with Crippen molar-refractivity contribution in [1.29, 1.82) is 0 Å². The van der Waals surface area contributed by atoms with Crippen LogP contribution in [0.1, 0.15) is 32.0 Å². The lowest BCUT2D eigenvalue weighted by atomic mass is 10.1. The highest BCUT2D eigenvalue weighted by molar-refractivity contribution is 9.10. The average Bonchev–Trinajstić information content (AvgIpc) is 2.90. The average molecular weight is 576 g/mol. The molecule has 1 aromatic heterocycles. The predicted molar refractivity (Wildman–Crippen MR) is 135 cm³/mol. The smallest absolute Gasteiger partial charge is 0.273 e. The van der Waals surface area contributed by atoms with E-state index in [0.29, 0.717) is 32.0 Å². The van der Waals surface area contributed by atoms with Gasteiger partial charge in [0, 0.05) is 49.1 Å². The van der Waals surface area contributed by atoms with Gasteiger partial charge >= 0.3 is 0 Å². The Morgan fingerprint density at radius 1 is 1.11 bits per heavy atom. The van der Waals surface area contributed by atoms with Crippen molar-refractivity contribution in [1.82, 2.24) is 14.8 Å². The van der Waals surface area contributed by atoms with Gasteiger partial charge in [0.05, 0.1) is 24.5 Å². The third-order valence-electron chi connectivity index (χ3n) is 5.95. The van der Waals surface area contributed by atoms with Crippen LogP contribution in [0, 0.1) is 18.6 Å². The van der Waals surface area contributed by atoms with Crippen LogP contribution in [-0.2, 0) is 11.3 Å². The first-order chi connectivity index (χ1) is 17.7. The number of nitrogens with zero attached hydrogens (tertiary/aromatic N) is 2. The van der Waals surface area contributed by atoms with Crippen LogP contribution in [0.3, 0.4) is 0 Å². The Morgan fingerprint density at radius 2 is 1.84 bits per heavy atom. The van der Waals surface area contributed by atoms with Gasteiger partial charge in [-0.15, -0.1) is 0 Å². The molecular weight excluding hydrogens is 552 g/mol. The molecular formula is C26H24BrF2N3O5. The summed E-state index contributed by atoms with van der Waals surface area (Å²) in [7, 11) is 1.49. The van der Waals surface area contributed by atoms with Crippen molar-refractivity contribution in [2.24, 2.45) is 0 Å². The lowest BCUT2D eigenvalue weighted by Crippen LogP contribution is -2.41. The molecule has 2 amide bonds. The molecule has 0 spiro atoms. The third kappa shape index (κ3) is 5.57. The van der Waals surface area contributed by atoms with Gasteiger partial charge in [0.1, 0.15) is 28.5 Å². The van der Waals surface area contributed by atoms with E-state index in [2.05, 4.69) is 21.2 Å². The zero-order valence-electron chi connectivity index (χ0n) is 20.1. The number of benzene rings is 2. The second-order valence-corrected chi connectivity index (χ2v) is 9.14. The second kappa shape index (κ2) is 11.2. The Labute approximate surface area is 219 Å². The van der Waals surface area contributed by atoms with Crippen molar-refractivity contribution in [3.8, 4) is 11.4 Å². The predicted octanol–water partition coefficient (Wildman–Crippen LogP) is 3.60. The lowest BCUT2D eigenvalue weighted by molar-refractivity contribution is 0.0303. The molecule has 4 rings (SSSR count). The Bertz CT molecular complexity index is 1420. The SMILES string of the molecule is CNC(=O)c1ccc(C(=O)N2CCOCC2)c(-n2c(C)cc(OCc3ccc(F)cc3F)c(Br)c2=O)c1. The zero-order valence-corrected chi connectivity index (χ0v) is 21.7. The van der Waals surface area contributed by atoms with Gasteiger partial charge in [-0.05, 0) is 53.2 Å². The molecule has 1 N–H and O–H groups in total. The van der Waals surface area contributed by atoms with E-state index in [0.717, 1.165) is 12.1 Å². The number of pyridine rings is 1. The maximum Gasteiger partial charge on any atom is 0.273 e. The van der Waals surface area contributed by atoms with Crippen LogP contribution in [0.2, 0.25) is 0 Å². The maximum atomic E-state index is 14.0. The molecule has 2 heterocycles. The number of aromatic nitrogens is 1. The van der Waals surface area contributed by atoms with Gasteiger partial charge in [-0.3, -0.25) is 19.0 Å². The van der Waals surface area contributed by atoms with Gasteiger partial charge in [0.25, 0.3) is 17.4 Å². The second-order valence-electron chi connectivity index (χ2n) is 8.34. The molecule has 8 nitrogen and oxygen atoms in total. The minimum absolute atomic E-state index is 0.0377. The molecule has 1 saturated heterocycles. The Kier molecular flexibility index (Phi) is 8.03. The van der Waals surface area contributed by atoms with E-state index >= 15 is 0 Å². The van der Waals surface area contributed by atoms with Crippen LogP contribution in [0.25, 0.3) is 5.69 Å². The van der Waals surface area contributed by atoms with Crippen molar-refractivity contribution in [3.05, 3.63) is 91.3 Å². The number of ether oxygens (including phenoxy) is 2. The molecule has 1 aliphatic heterocycles. The van der Waals surface area contributed by atoms with Crippen molar-refractivity contribution >= 4 is 27.7 Å². The number of amides is 2. The maximum absolute atomic E-state index is 14.0. The molecule has 0 radical (unpaired) electrons. The topological polar surface area (TPSA) is 89.9 Å². The van der Waals surface area contributed by atoms with Crippen LogP contribution < -0.4 is 15.6 Å². The Balaban J connectivity index is 1.76. The largest absolute Gasteiger partial charge is 0.487 e. The number of hydrogen-bond donors (Lipinski definition) is 1. The van der Waals surface area contributed by atoms with E-state index in [9.17, 15) is 23.2 Å². The molecule has 0 unspecified atom stereocenters. The van der Waals surface area contributed by atoms with Gasteiger partial charge in [0.15, 0.2) is 0 Å². The number of aryl methyl sites for hydroxylation is 1. The molecule has 0 atom stereocenters. The normalized spacial score (nSPS) is 13.4. The number of carbonyl (C=O) groups excluding carboxylic acids is 2. The van der Waals surface area contributed by atoms with Crippen LogP contribution in [0.5, 0.6) is 5.75 Å². The minimum atomic E-state index is -0.765. The molecule has 194 valence electrons. The highest BCUT2D eigenvalue weighted by atomic mass is 79.9. The molecule has 1 aliphatic rings.